The highest BCUT2D eigenvalue weighted by atomic mass is 35.5. The summed E-state index contributed by atoms with van der Waals surface area (Å²) in [5.74, 6) is -1.66. The number of halogens is 2. The minimum atomic E-state index is -3.80. The highest BCUT2D eigenvalue weighted by Gasteiger charge is 2.55. The van der Waals surface area contributed by atoms with Crippen molar-refractivity contribution in [2.75, 3.05) is 12.8 Å². The second kappa shape index (κ2) is 9.85. The molecular formula is C22H26ClFN4O5S. The first-order chi connectivity index (χ1) is 15.6. The highest BCUT2D eigenvalue weighted by molar-refractivity contribution is 7.89. The maximum atomic E-state index is 13.2. The molecule has 2 amide bonds. The molecule has 2 aromatic rings. The number of hydrogen-bond donors (Lipinski definition) is 1. The van der Waals surface area contributed by atoms with Crippen molar-refractivity contribution >= 4 is 34.2 Å². The largest absolute Gasteiger partial charge is 0.359 e. The molecule has 0 saturated carbocycles. The summed E-state index contributed by atoms with van der Waals surface area (Å²) in [5.41, 5.74) is 1.29. The van der Waals surface area contributed by atoms with Gasteiger partial charge in [0.2, 0.25) is 15.9 Å². The van der Waals surface area contributed by atoms with Crippen molar-refractivity contribution in [2.45, 2.75) is 33.0 Å². The third-order valence-corrected chi connectivity index (χ3v) is 6.88. The number of benzene rings is 1. The van der Waals surface area contributed by atoms with E-state index in [1.165, 1.54) is 23.1 Å². The van der Waals surface area contributed by atoms with E-state index in [1.54, 1.807) is 18.2 Å². The molecule has 1 aromatic carbocycles. The minimum Gasteiger partial charge on any atom is -0.359 e. The van der Waals surface area contributed by atoms with Crippen LogP contribution in [0.2, 0.25) is 0 Å². The van der Waals surface area contributed by atoms with Gasteiger partial charge < -0.3 is 14.7 Å². The van der Waals surface area contributed by atoms with E-state index in [9.17, 15) is 22.4 Å². The van der Waals surface area contributed by atoms with Crippen LogP contribution in [-0.2, 0) is 27.9 Å². The Balaban J connectivity index is 0.00000324. The molecule has 0 unspecified atom stereocenters. The Hall–Kier alpha value is -2.76. The number of aromatic nitrogens is 1. The summed E-state index contributed by atoms with van der Waals surface area (Å²) in [6.45, 7) is 4.61. The lowest BCUT2D eigenvalue weighted by molar-refractivity contribution is -0.128. The van der Waals surface area contributed by atoms with Gasteiger partial charge >= 0.3 is 0 Å². The van der Waals surface area contributed by atoms with Crippen molar-refractivity contribution in [3.05, 3.63) is 64.9 Å². The molecular weight excluding hydrogens is 487 g/mol. The molecule has 0 spiro atoms. The molecule has 2 aliphatic heterocycles. The first kappa shape index (κ1) is 25.9. The normalized spacial score (nSPS) is 19.9. The number of hydrogen-bond acceptors (Lipinski definition) is 7. The lowest BCUT2D eigenvalue weighted by atomic mass is 9.89. The van der Waals surface area contributed by atoms with Crippen LogP contribution in [0.15, 0.2) is 46.6 Å². The molecule has 4 rings (SSSR count). The molecule has 34 heavy (non-hydrogen) atoms. The molecule has 9 nitrogen and oxygen atoms in total. The van der Waals surface area contributed by atoms with Crippen molar-refractivity contribution < 1.29 is 26.9 Å². The molecule has 2 atom stereocenters. The summed E-state index contributed by atoms with van der Waals surface area (Å²) in [7, 11) is -3.80. The molecule has 2 aliphatic rings. The van der Waals surface area contributed by atoms with Crippen LogP contribution >= 0.6 is 12.4 Å². The van der Waals surface area contributed by atoms with E-state index in [-0.39, 0.29) is 36.4 Å². The average Bonchev–Trinajstić information content (AvgIpc) is 3.42. The van der Waals surface area contributed by atoms with Crippen molar-refractivity contribution in [1.29, 1.82) is 0 Å². The van der Waals surface area contributed by atoms with Crippen LogP contribution in [0.25, 0.3) is 0 Å². The van der Waals surface area contributed by atoms with Gasteiger partial charge in [0.05, 0.1) is 30.5 Å². The number of carbonyl (C=O) groups is 2. The van der Waals surface area contributed by atoms with Gasteiger partial charge in [0.25, 0.3) is 5.91 Å². The lowest BCUT2D eigenvalue weighted by Crippen LogP contribution is -2.43. The minimum absolute atomic E-state index is 0. The fraction of sp³-hybridized carbons (Fsp3) is 0.409. The number of sulfonamides is 1. The highest BCUT2D eigenvalue weighted by Crippen LogP contribution is 2.41. The van der Waals surface area contributed by atoms with E-state index in [4.69, 9.17) is 4.52 Å². The van der Waals surface area contributed by atoms with Crippen molar-refractivity contribution in [1.82, 2.24) is 19.7 Å². The van der Waals surface area contributed by atoms with Gasteiger partial charge in [-0.1, -0.05) is 31.1 Å². The van der Waals surface area contributed by atoms with Gasteiger partial charge in [0.1, 0.15) is 5.82 Å². The number of amides is 2. The zero-order chi connectivity index (χ0) is 23.9. The summed E-state index contributed by atoms with van der Waals surface area (Å²) in [4.78, 5) is 27.5. The molecule has 1 fully saturated rings. The van der Waals surface area contributed by atoms with Crippen LogP contribution < -0.4 is 5.32 Å². The maximum absolute atomic E-state index is 13.2. The molecule has 3 heterocycles. The average molecular weight is 513 g/mol. The Bertz CT molecular complexity index is 1210. The Morgan fingerprint density at radius 1 is 1.26 bits per heavy atom. The molecule has 1 aromatic heterocycles. The van der Waals surface area contributed by atoms with Crippen molar-refractivity contribution in [2.24, 2.45) is 11.8 Å². The fourth-order valence-electron chi connectivity index (χ4n) is 4.35. The topological polar surface area (TPSA) is 113 Å². The van der Waals surface area contributed by atoms with E-state index in [0.29, 0.717) is 24.5 Å². The standard InChI is InChI=1S/C22H25FN4O5S.ClH/c1-13(2)19-20-18(27(22(19)29)33(3,30)31)8-9-26(20)21(28)17-10-16(32-25-17)12-24-11-14-4-6-15(23)7-5-14;/h4-8,10,13,19-20,24H,9,11-12H2,1-3H3;1H/t19-,20+;/m1./s1. The Morgan fingerprint density at radius 3 is 2.56 bits per heavy atom. The lowest BCUT2D eigenvalue weighted by Gasteiger charge is -2.28. The van der Waals surface area contributed by atoms with Gasteiger partial charge in [-0.2, -0.15) is 0 Å². The van der Waals surface area contributed by atoms with E-state index in [0.717, 1.165) is 16.1 Å². The smallest absolute Gasteiger partial charge is 0.276 e. The number of nitrogens with one attached hydrogen (secondary N) is 1. The molecule has 0 bridgehead atoms. The fourth-order valence-corrected chi connectivity index (χ4v) is 5.37. The Morgan fingerprint density at radius 2 is 1.94 bits per heavy atom. The number of carbonyl (C=O) groups excluding carboxylic acids is 2. The Kier molecular flexibility index (Phi) is 7.49. The summed E-state index contributed by atoms with van der Waals surface area (Å²) in [5, 5.41) is 7.01. The van der Waals surface area contributed by atoms with Gasteiger partial charge in [0, 0.05) is 19.2 Å². The quantitative estimate of drug-likeness (QED) is 0.605. The summed E-state index contributed by atoms with van der Waals surface area (Å²) in [6.07, 6.45) is 2.59. The van der Waals surface area contributed by atoms with Gasteiger partial charge in [-0.25, -0.2) is 17.1 Å². The first-order valence-electron chi connectivity index (χ1n) is 10.5. The maximum Gasteiger partial charge on any atom is 0.276 e. The van der Waals surface area contributed by atoms with Crippen LogP contribution in [0.5, 0.6) is 0 Å². The van der Waals surface area contributed by atoms with Crippen LogP contribution in [0.3, 0.4) is 0 Å². The molecule has 1 N–H and O–H groups in total. The third-order valence-electron chi connectivity index (χ3n) is 5.83. The molecule has 184 valence electrons. The van der Waals surface area contributed by atoms with Gasteiger partial charge in [-0.05, 0) is 29.7 Å². The molecule has 1 saturated heterocycles. The van der Waals surface area contributed by atoms with E-state index in [2.05, 4.69) is 10.5 Å². The molecule has 12 heteroatoms. The van der Waals surface area contributed by atoms with Gasteiger partial charge in [0.15, 0.2) is 11.5 Å². The number of rotatable bonds is 7. The Labute approximate surface area is 203 Å². The van der Waals surface area contributed by atoms with Crippen LogP contribution in [0.1, 0.15) is 35.7 Å². The van der Waals surface area contributed by atoms with E-state index < -0.39 is 33.8 Å². The molecule has 0 aliphatic carbocycles. The van der Waals surface area contributed by atoms with E-state index in [1.807, 2.05) is 13.8 Å². The summed E-state index contributed by atoms with van der Waals surface area (Å²) >= 11 is 0. The predicted octanol–water partition coefficient (Wildman–Crippen LogP) is 2.31. The summed E-state index contributed by atoms with van der Waals surface area (Å²) < 4.78 is 43.6. The van der Waals surface area contributed by atoms with Crippen LogP contribution in [0.4, 0.5) is 4.39 Å². The van der Waals surface area contributed by atoms with Gasteiger partial charge in [-0.15, -0.1) is 12.4 Å². The number of nitrogens with zero attached hydrogens (tertiary/aromatic N) is 3. The van der Waals surface area contributed by atoms with Crippen LogP contribution in [0, 0.1) is 17.7 Å². The summed E-state index contributed by atoms with van der Waals surface area (Å²) in [6, 6.07) is 6.95. The first-order valence-corrected chi connectivity index (χ1v) is 12.4. The van der Waals surface area contributed by atoms with Crippen LogP contribution in [-0.4, -0.2) is 53.4 Å². The second-order valence-electron chi connectivity index (χ2n) is 8.58. The second-order valence-corrected chi connectivity index (χ2v) is 10.4. The third kappa shape index (κ3) is 4.86. The monoisotopic (exact) mass is 512 g/mol. The van der Waals surface area contributed by atoms with E-state index >= 15 is 0 Å². The number of fused-ring (bicyclic) bond motifs is 1. The molecule has 0 radical (unpaired) electrons. The SMILES string of the molecule is CC(C)[C@H]1C(=O)N(S(C)(=O)=O)C2=CCN(C(=O)c3cc(CNCc4ccc(F)cc4)on3)[C@@H]21.Cl. The van der Waals surface area contributed by atoms with Crippen molar-refractivity contribution in [3.63, 3.8) is 0 Å². The van der Waals surface area contributed by atoms with Crippen molar-refractivity contribution in [3.8, 4) is 0 Å². The van der Waals surface area contributed by atoms with Gasteiger partial charge in [-0.3, -0.25) is 9.59 Å². The zero-order valence-corrected chi connectivity index (χ0v) is 20.5. The zero-order valence-electron chi connectivity index (χ0n) is 18.9. The predicted molar refractivity (Wildman–Crippen MR) is 124 cm³/mol.